The standard InChI is InChI=1S/C15H23N3O3/c1-10-13-7-12(21-14(13)17-11(2)16-10)8-18-5-3-15(20,9-19)4-6-18/h12,19-20H,3-9H2,1-2H3. The fraction of sp³-hybridized carbons (Fsp3) is 0.733. The molecule has 116 valence electrons. The van der Waals surface area contributed by atoms with Crippen molar-refractivity contribution in [2.45, 2.75) is 44.8 Å². The maximum Gasteiger partial charge on any atom is 0.220 e. The minimum absolute atomic E-state index is 0.107. The molecule has 21 heavy (non-hydrogen) atoms. The summed E-state index contributed by atoms with van der Waals surface area (Å²) in [6.45, 7) is 6.14. The Labute approximate surface area is 124 Å². The van der Waals surface area contributed by atoms with Gasteiger partial charge in [-0.2, -0.15) is 4.98 Å². The number of ether oxygens (including phenoxy) is 1. The second-order valence-electron chi connectivity index (χ2n) is 6.27. The number of piperidine rings is 1. The lowest BCUT2D eigenvalue weighted by Gasteiger charge is -2.37. The van der Waals surface area contributed by atoms with Crippen molar-refractivity contribution in [3.63, 3.8) is 0 Å². The van der Waals surface area contributed by atoms with Crippen molar-refractivity contribution in [3.05, 3.63) is 17.1 Å². The predicted octanol–water partition coefficient (Wildman–Crippen LogP) is 0.216. The zero-order chi connectivity index (χ0) is 15.0. The van der Waals surface area contributed by atoms with E-state index in [9.17, 15) is 10.2 Å². The van der Waals surface area contributed by atoms with E-state index in [4.69, 9.17) is 4.74 Å². The molecule has 1 aromatic rings. The number of hydrogen-bond donors (Lipinski definition) is 2. The summed E-state index contributed by atoms with van der Waals surface area (Å²) in [5.41, 5.74) is 1.23. The molecule has 0 radical (unpaired) electrons. The highest BCUT2D eigenvalue weighted by atomic mass is 16.5. The molecule has 2 aliphatic rings. The van der Waals surface area contributed by atoms with Crippen LogP contribution in [0.15, 0.2) is 0 Å². The second-order valence-corrected chi connectivity index (χ2v) is 6.27. The van der Waals surface area contributed by atoms with E-state index in [1.807, 2.05) is 13.8 Å². The van der Waals surface area contributed by atoms with Crippen molar-refractivity contribution in [2.75, 3.05) is 26.2 Å². The molecule has 0 saturated carbocycles. The van der Waals surface area contributed by atoms with Crippen molar-refractivity contribution in [1.82, 2.24) is 14.9 Å². The van der Waals surface area contributed by atoms with Gasteiger partial charge in [0.2, 0.25) is 5.88 Å². The van der Waals surface area contributed by atoms with Gasteiger partial charge in [-0.15, -0.1) is 0 Å². The van der Waals surface area contributed by atoms with Gasteiger partial charge in [-0.3, -0.25) is 4.90 Å². The van der Waals surface area contributed by atoms with E-state index >= 15 is 0 Å². The average Bonchev–Trinajstić information content (AvgIpc) is 2.84. The molecule has 0 aromatic carbocycles. The van der Waals surface area contributed by atoms with E-state index in [2.05, 4.69) is 14.9 Å². The van der Waals surface area contributed by atoms with Crippen LogP contribution < -0.4 is 4.74 Å². The van der Waals surface area contributed by atoms with E-state index in [-0.39, 0.29) is 12.7 Å². The molecule has 3 rings (SSSR count). The van der Waals surface area contributed by atoms with Gasteiger partial charge in [0.1, 0.15) is 11.9 Å². The summed E-state index contributed by atoms with van der Waals surface area (Å²) in [5.74, 6) is 1.48. The van der Waals surface area contributed by atoms with Crippen molar-refractivity contribution >= 4 is 0 Å². The van der Waals surface area contributed by atoms with Gasteiger partial charge in [-0.25, -0.2) is 4.98 Å². The molecule has 1 unspecified atom stereocenters. The third-order valence-electron chi connectivity index (χ3n) is 4.54. The molecule has 6 heteroatoms. The minimum Gasteiger partial charge on any atom is -0.472 e. The Hall–Kier alpha value is -1.24. The quantitative estimate of drug-likeness (QED) is 0.830. The zero-order valence-electron chi connectivity index (χ0n) is 12.7. The highest BCUT2D eigenvalue weighted by Crippen LogP contribution is 2.30. The summed E-state index contributed by atoms with van der Waals surface area (Å²) in [5, 5.41) is 19.2. The van der Waals surface area contributed by atoms with Crippen molar-refractivity contribution < 1.29 is 14.9 Å². The summed E-state index contributed by atoms with van der Waals surface area (Å²) in [4.78, 5) is 11.0. The molecule has 0 aliphatic carbocycles. The van der Waals surface area contributed by atoms with Crippen LogP contribution in [0.1, 0.15) is 29.9 Å². The number of aliphatic hydroxyl groups is 2. The normalized spacial score (nSPS) is 24.7. The number of fused-ring (bicyclic) bond motifs is 1. The summed E-state index contributed by atoms with van der Waals surface area (Å²) in [6.07, 6.45) is 2.18. The number of likely N-dealkylation sites (tertiary alicyclic amines) is 1. The van der Waals surface area contributed by atoms with Crippen LogP contribution in [-0.2, 0) is 6.42 Å². The topological polar surface area (TPSA) is 78.7 Å². The molecular formula is C15H23N3O3. The number of aryl methyl sites for hydroxylation is 2. The fourth-order valence-electron chi connectivity index (χ4n) is 3.16. The Kier molecular flexibility index (Phi) is 3.86. The summed E-state index contributed by atoms with van der Waals surface area (Å²) >= 11 is 0. The van der Waals surface area contributed by atoms with Gasteiger partial charge in [0, 0.05) is 37.3 Å². The molecular weight excluding hydrogens is 270 g/mol. The smallest absolute Gasteiger partial charge is 0.220 e. The molecule has 6 nitrogen and oxygen atoms in total. The largest absolute Gasteiger partial charge is 0.472 e. The summed E-state index contributed by atoms with van der Waals surface area (Å²) in [6, 6.07) is 0. The Morgan fingerprint density at radius 3 is 2.67 bits per heavy atom. The number of nitrogens with zero attached hydrogens (tertiary/aromatic N) is 3. The van der Waals surface area contributed by atoms with E-state index in [0.717, 1.165) is 49.0 Å². The fourth-order valence-corrected chi connectivity index (χ4v) is 3.16. The Bertz CT molecular complexity index is 527. The van der Waals surface area contributed by atoms with Crippen molar-refractivity contribution in [3.8, 4) is 5.88 Å². The second kappa shape index (κ2) is 5.51. The monoisotopic (exact) mass is 293 g/mol. The van der Waals surface area contributed by atoms with Crippen LogP contribution in [0.4, 0.5) is 0 Å². The Balaban J connectivity index is 1.58. The van der Waals surface area contributed by atoms with Crippen molar-refractivity contribution in [2.24, 2.45) is 0 Å². The summed E-state index contributed by atoms with van der Waals surface area (Å²) in [7, 11) is 0. The average molecular weight is 293 g/mol. The molecule has 1 aromatic heterocycles. The predicted molar refractivity (Wildman–Crippen MR) is 77.3 cm³/mol. The Morgan fingerprint density at radius 1 is 1.29 bits per heavy atom. The van der Waals surface area contributed by atoms with Gasteiger partial charge >= 0.3 is 0 Å². The number of aromatic nitrogens is 2. The molecule has 1 saturated heterocycles. The van der Waals surface area contributed by atoms with Crippen LogP contribution in [0.2, 0.25) is 0 Å². The van der Waals surface area contributed by atoms with Gasteiger partial charge in [-0.1, -0.05) is 0 Å². The molecule has 0 amide bonds. The van der Waals surface area contributed by atoms with E-state index in [1.165, 1.54) is 0 Å². The van der Waals surface area contributed by atoms with E-state index in [0.29, 0.717) is 12.8 Å². The SMILES string of the molecule is Cc1nc(C)c2c(n1)OC(CN1CCC(O)(CO)CC1)C2. The number of hydrogen-bond acceptors (Lipinski definition) is 6. The van der Waals surface area contributed by atoms with Gasteiger partial charge in [0.15, 0.2) is 0 Å². The van der Waals surface area contributed by atoms with Crippen LogP contribution in [0.3, 0.4) is 0 Å². The molecule has 2 N–H and O–H groups in total. The first-order valence-corrected chi connectivity index (χ1v) is 7.55. The first kappa shape index (κ1) is 14.7. The molecule has 0 bridgehead atoms. The lowest BCUT2D eigenvalue weighted by atomic mass is 9.92. The lowest BCUT2D eigenvalue weighted by Crippen LogP contribution is -2.48. The maximum absolute atomic E-state index is 10.0. The zero-order valence-corrected chi connectivity index (χ0v) is 12.7. The van der Waals surface area contributed by atoms with Crippen LogP contribution in [0.5, 0.6) is 5.88 Å². The van der Waals surface area contributed by atoms with Crippen LogP contribution >= 0.6 is 0 Å². The van der Waals surface area contributed by atoms with Crippen LogP contribution in [-0.4, -0.2) is 63.0 Å². The Morgan fingerprint density at radius 2 is 2.00 bits per heavy atom. The molecule has 2 aliphatic heterocycles. The first-order chi connectivity index (χ1) is 9.99. The third-order valence-corrected chi connectivity index (χ3v) is 4.54. The number of aliphatic hydroxyl groups excluding tert-OH is 1. The molecule has 0 spiro atoms. The van der Waals surface area contributed by atoms with Gasteiger partial charge < -0.3 is 14.9 Å². The molecule has 3 heterocycles. The highest BCUT2D eigenvalue weighted by molar-refractivity contribution is 5.34. The third kappa shape index (κ3) is 3.02. The summed E-state index contributed by atoms with van der Waals surface area (Å²) < 4.78 is 5.94. The van der Waals surface area contributed by atoms with E-state index < -0.39 is 5.60 Å². The van der Waals surface area contributed by atoms with Crippen LogP contribution in [0.25, 0.3) is 0 Å². The van der Waals surface area contributed by atoms with Gasteiger partial charge in [0.25, 0.3) is 0 Å². The van der Waals surface area contributed by atoms with Crippen LogP contribution in [0, 0.1) is 13.8 Å². The van der Waals surface area contributed by atoms with Gasteiger partial charge in [-0.05, 0) is 26.7 Å². The maximum atomic E-state index is 10.0. The van der Waals surface area contributed by atoms with E-state index in [1.54, 1.807) is 0 Å². The lowest BCUT2D eigenvalue weighted by molar-refractivity contribution is -0.0628. The molecule has 1 fully saturated rings. The van der Waals surface area contributed by atoms with Crippen molar-refractivity contribution in [1.29, 1.82) is 0 Å². The first-order valence-electron chi connectivity index (χ1n) is 7.55. The molecule has 1 atom stereocenters. The minimum atomic E-state index is -0.894. The highest BCUT2D eigenvalue weighted by Gasteiger charge is 2.34. The van der Waals surface area contributed by atoms with Gasteiger partial charge in [0.05, 0.1) is 12.2 Å². The number of rotatable bonds is 3.